The highest BCUT2D eigenvalue weighted by atomic mass is 35.5. The fourth-order valence-electron chi connectivity index (χ4n) is 0.961. The number of hydrogen-bond acceptors (Lipinski definition) is 1. The molecule has 0 radical (unpaired) electrons. The molecule has 13 heavy (non-hydrogen) atoms. The highest BCUT2D eigenvalue weighted by Gasteiger charge is 1.90. The molecule has 0 aliphatic rings. The molecule has 1 aromatic rings. The van der Waals surface area contributed by atoms with Crippen molar-refractivity contribution in [3.8, 4) is 11.8 Å². The summed E-state index contributed by atoms with van der Waals surface area (Å²) in [4.78, 5) is 4.19. The summed E-state index contributed by atoms with van der Waals surface area (Å²) < 4.78 is 0. The van der Waals surface area contributed by atoms with Crippen molar-refractivity contribution in [2.24, 2.45) is 0 Å². The van der Waals surface area contributed by atoms with Crippen molar-refractivity contribution >= 4 is 11.6 Å². The molecule has 0 atom stereocenters. The van der Waals surface area contributed by atoms with Crippen LogP contribution in [0.2, 0.25) is 0 Å². The Balaban J connectivity index is 2.73. The number of aryl methyl sites for hydroxylation is 1. The number of hydrogen-bond donors (Lipinski definition) is 0. The van der Waals surface area contributed by atoms with Gasteiger partial charge in [0.05, 0.1) is 0 Å². The van der Waals surface area contributed by atoms with Crippen LogP contribution in [0.1, 0.15) is 24.6 Å². The summed E-state index contributed by atoms with van der Waals surface area (Å²) in [5.74, 6) is 6.63. The van der Waals surface area contributed by atoms with Crippen LogP contribution in [-0.2, 0) is 6.42 Å². The van der Waals surface area contributed by atoms with Crippen LogP contribution >= 0.6 is 11.6 Å². The molecule has 0 saturated heterocycles. The first-order valence-corrected chi connectivity index (χ1v) is 4.90. The summed E-state index contributed by atoms with van der Waals surface area (Å²) in [6.07, 6.45) is 3.49. The number of aromatic nitrogens is 1. The molecule has 1 aromatic heterocycles. The summed E-state index contributed by atoms with van der Waals surface area (Å²) in [5, 5.41) is 0. The summed E-state index contributed by atoms with van der Waals surface area (Å²) in [5.41, 5.74) is 2.11. The van der Waals surface area contributed by atoms with Gasteiger partial charge in [0.15, 0.2) is 0 Å². The molecule has 0 fully saturated rings. The Morgan fingerprint density at radius 2 is 2.38 bits per heavy atom. The lowest BCUT2D eigenvalue weighted by atomic mass is 10.2. The molecule has 0 bridgehead atoms. The summed E-state index contributed by atoms with van der Waals surface area (Å²) >= 11 is 5.51. The Morgan fingerprint density at radius 1 is 1.54 bits per heavy atom. The van der Waals surface area contributed by atoms with Gasteiger partial charge in [0.2, 0.25) is 0 Å². The molecule has 0 spiro atoms. The van der Waals surface area contributed by atoms with E-state index in [4.69, 9.17) is 11.6 Å². The molecule has 1 nitrogen and oxygen atoms in total. The molecule has 0 aliphatic carbocycles. The lowest BCUT2D eigenvalue weighted by Crippen LogP contribution is -1.86. The summed E-state index contributed by atoms with van der Waals surface area (Å²) in [6.45, 7) is 2.08. The molecule has 0 aliphatic heterocycles. The fraction of sp³-hybridized carbons (Fsp3) is 0.364. The quantitative estimate of drug-likeness (QED) is 0.520. The Labute approximate surface area is 84.1 Å². The van der Waals surface area contributed by atoms with E-state index >= 15 is 0 Å². The highest BCUT2D eigenvalue weighted by Crippen LogP contribution is 2.00. The van der Waals surface area contributed by atoms with Crippen molar-refractivity contribution in [1.29, 1.82) is 0 Å². The minimum atomic E-state index is 0.596. The minimum absolute atomic E-state index is 0.596. The predicted octanol–water partition coefficient (Wildman–Crippen LogP) is 2.62. The van der Waals surface area contributed by atoms with Crippen LogP contribution in [0.5, 0.6) is 0 Å². The second-order valence-electron chi connectivity index (χ2n) is 2.63. The molecule has 0 unspecified atom stereocenters. The van der Waals surface area contributed by atoms with Crippen molar-refractivity contribution < 1.29 is 0 Å². The van der Waals surface area contributed by atoms with E-state index in [-0.39, 0.29) is 0 Å². The van der Waals surface area contributed by atoms with Gasteiger partial charge in [-0.25, -0.2) is 0 Å². The van der Waals surface area contributed by atoms with E-state index in [2.05, 4.69) is 23.7 Å². The second kappa shape index (κ2) is 5.61. The first kappa shape index (κ1) is 10.1. The van der Waals surface area contributed by atoms with Crippen LogP contribution in [0.4, 0.5) is 0 Å². The first-order chi connectivity index (χ1) is 6.36. The molecule has 2 heteroatoms. The van der Waals surface area contributed by atoms with Crippen LogP contribution in [0, 0.1) is 11.8 Å². The normalized spacial score (nSPS) is 9.08. The first-order valence-electron chi connectivity index (χ1n) is 4.36. The fourth-order valence-corrected chi connectivity index (χ4v) is 1.06. The average molecular weight is 194 g/mol. The lowest BCUT2D eigenvalue weighted by molar-refractivity contribution is 1.03. The Kier molecular flexibility index (Phi) is 4.35. The van der Waals surface area contributed by atoms with Gasteiger partial charge in [-0.1, -0.05) is 18.8 Å². The van der Waals surface area contributed by atoms with Crippen molar-refractivity contribution in [1.82, 2.24) is 4.98 Å². The Morgan fingerprint density at radius 3 is 3.08 bits per heavy atom. The monoisotopic (exact) mass is 193 g/mol. The van der Waals surface area contributed by atoms with Crippen LogP contribution < -0.4 is 0 Å². The van der Waals surface area contributed by atoms with Crippen molar-refractivity contribution in [2.75, 3.05) is 5.88 Å². The van der Waals surface area contributed by atoms with Gasteiger partial charge in [0, 0.05) is 29.8 Å². The maximum absolute atomic E-state index is 5.51. The second-order valence-corrected chi connectivity index (χ2v) is 3.01. The maximum Gasteiger partial charge on any atom is 0.0413 e. The van der Waals surface area contributed by atoms with E-state index < -0.39 is 0 Å². The summed E-state index contributed by atoms with van der Waals surface area (Å²) in [7, 11) is 0. The molecule has 0 N–H and O–H groups in total. The zero-order valence-electron chi connectivity index (χ0n) is 7.68. The van der Waals surface area contributed by atoms with Crippen molar-refractivity contribution in [3.05, 3.63) is 29.6 Å². The van der Waals surface area contributed by atoms with Gasteiger partial charge in [0.25, 0.3) is 0 Å². The maximum atomic E-state index is 5.51. The van der Waals surface area contributed by atoms with Crippen LogP contribution in [0.25, 0.3) is 0 Å². The standard InChI is InChI=1S/C11H12ClN/c1-2-11-9-10(6-8-13-11)5-3-4-7-12/h6,8-9H,2,4,7H2,1H3. The third-order valence-electron chi connectivity index (χ3n) is 1.63. The third-order valence-corrected chi connectivity index (χ3v) is 1.82. The van der Waals surface area contributed by atoms with Gasteiger partial charge in [-0.3, -0.25) is 4.98 Å². The van der Waals surface area contributed by atoms with Gasteiger partial charge in [-0.05, 0) is 18.6 Å². The largest absolute Gasteiger partial charge is 0.261 e. The van der Waals surface area contributed by atoms with Crippen LogP contribution in [-0.4, -0.2) is 10.9 Å². The van der Waals surface area contributed by atoms with Gasteiger partial charge in [-0.15, -0.1) is 11.6 Å². The predicted molar refractivity (Wildman–Crippen MR) is 55.8 cm³/mol. The Hall–Kier alpha value is -1.00. The highest BCUT2D eigenvalue weighted by molar-refractivity contribution is 6.18. The summed E-state index contributed by atoms with van der Waals surface area (Å²) in [6, 6.07) is 3.93. The van der Waals surface area contributed by atoms with E-state index in [1.807, 2.05) is 12.1 Å². The van der Waals surface area contributed by atoms with Crippen molar-refractivity contribution in [2.45, 2.75) is 19.8 Å². The molecule has 68 valence electrons. The molecule has 1 rings (SSSR count). The zero-order valence-corrected chi connectivity index (χ0v) is 8.43. The number of rotatable bonds is 2. The molecular formula is C11H12ClN. The van der Waals surface area contributed by atoms with Gasteiger partial charge in [0.1, 0.15) is 0 Å². The van der Waals surface area contributed by atoms with E-state index in [0.29, 0.717) is 5.88 Å². The van der Waals surface area contributed by atoms with E-state index in [9.17, 15) is 0 Å². The Bertz CT molecular complexity index is 322. The SMILES string of the molecule is CCc1cc(C#CCCCl)ccn1. The number of nitrogens with zero attached hydrogens (tertiary/aromatic N) is 1. The van der Waals surface area contributed by atoms with E-state index in [1.54, 1.807) is 6.20 Å². The van der Waals surface area contributed by atoms with Crippen LogP contribution in [0.3, 0.4) is 0 Å². The van der Waals surface area contributed by atoms with Gasteiger partial charge in [-0.2, -0.15) is 0 Å². The van der Waals surface area contributed by atoms with E-state index in [1.165, 1.54) is 0 Å². The van der Waals surface area contributed by atoms with Gasteiger partial charge >= 0.3 is 0 Å². The lowest BCUT2D eigenvalue weighted by Gasteiger charge is -1.94. The molecule has 0 saturated carbocycles. The molecule has 0 aromatic carbocycles. The molecule has 1 heterocycles. The number of alkyl halides is 1. The molecular weight excluding hydrogens is 182 g/mol. The van der Waals surface area contributed by atoms with Crippen molar-refractivity contribution in [3.63, 3.8) is 0 Å². The minimum Gasteiger partial charge on any atom is -0.261 e. The average Bonchev–Trinajstić information content (AvgIpc) is 2.19. The van der Waals surface area contributed by atoms with Crippen LogP contribution in [0.15, 0.2) is 18.3 Å². The smallest absolute Gasteiger partial charge is 0.0413 e. The molecule has 0 amide bonds. The van der Waals surface area contributed by atoms with Gasteiger partial charge < -0.3 is 0 Å². The third kappa shape index (κ3) is 3.48. The topological polar surface area (TPSA) is 12.9 Å². The number of halogens is 1. The number of pyridine rings is 1. The van der Waals surface area contributed by atoms with E-state index in [0.717, 1.165) is 24.1 Å². The zero-order chi connectivity index (χ0) is 9.52.